The second-order valence-electron chi connectivity index (χ2n) is 3.57. The Morgan fingerprint density at radius 2 is 2.62 bits per heavy atom. The summed E-state index contributed by atoms with van der Waals surface area (Å²) in [7, 11) is 0. The van der Waals surface area contributed by atoms with Gasteiger partial charge in [-0.1, -0.05) is 6.07 Å². The molecule has 1 atom stereocenters. The van der Waals surface area contributed by atoms with Gasteiger partial charge in [-0.15, -0.1) is 11.3 Å². The van der Waals surface area contributed by atoms with Crippen molar-refractivity contribution in [3.63, 3.8) is 0 Å². The predicted molar refractivity (Wildman–Crippen MR) is 57.0 cm³/mol. The van der Waals surface area contributed by atoms with Crippen LogP contribution in [0.25, 0.3) is 0 Å². The minimum absolute atomic E-state index is 0.847. The summed E-state index contributed by atoms with van der Waals surface area (Å²) in [4.78, 5) is 1.44. The molecular formula is C10H16N2S. The Labute approximate surface area is 83.4 Å². The maximum absolute atomic E-state index is 3.50. The molecule has 1 saturated heterocycles. The molecule has 0 aliphatic carbocycles. The van der Waals surface area contributed by atoms with Crippen LogP contribution in [0.1, 0.15) is 11.3 Å². The summed E-state index contributed by atoms with van der Waals surface area (Å²) in [6, 6.07) is 4.30. The maximum atomic E-state index is 3.50. The zero-order valence-electron chi connectivity index (χ0n) is 7.75. The van der Waals surface area contributed by atoms with Crippen LogP contribution in [0.3, 0.4) is 0 Å². The molecule has 72 valence electrons. The molecule has 2 N–H and O–H groups in total. The molecule has 0 bridgehead atoms. The average molecular weight is 196 g/mol. The molecule has 2 heterocycles. The summed E-state index contributed by atoms with van der Waals surface area (Å²) < 4.78 is 0. The minimum atomic E-state index is 0.847. The molecule has 1 aromatic rings. The van der Waals surface area contributed by atoms with Gasteiger partial charge in [0.25, 0.3) is 0 Å². The Hall–Kier alpha value is -0.380. The highest BCUT2D eigenvalue weighted by atomic mass is 32.1. The first-order valence-corrected chi connectivity index (χ1v) is 5.77. The first-order chi connectivity index (χ1) is 6.45. The molecular weight excluding hydrogens is 180 g/mol. The molecule has 2 nitrogen and oxygen atoms in total. The Morgan fingerprint density at radius 1 is 1.62 bits per heavy atom. The Balaban J connectivity index is 1.63. The molecule has 1 unspecified atom stereocenters. The highest BCUT2D eigenvalue weighted by Crippen LogP contribution is 2.09. The number of rotatable bonds is 4. The van der Waals surface area contributed by atoms with E-state index in [1.54, 1.807) is 0 Å². The van der Waals surface area contributed by atoms with Crippen LogP contribution in [0, 0.1) is 5.92 Å². The van der Waals surface area contributed by atoms with Gasteiger partial charge in [-0.3, -0.25) is 0 Å². The van der Waals surface area contributed by atoms with Crippen LogP contribution in [-0.4, -0.2) is 19.6 Å². The van der Waals surface area contributed by atoms with Crippen molar-refractivity contribution in [3.8, 4) is 0 Å². The van der Waals surface area contributed by atoms with Crippen LogP contribution in [0.15, 0.2) is 17.5 Å². The van der Waals surface area contributed by atoms with Gasteiger partial charge in [-0.2, -0.15) is 0 Å². The van der Waals surface area contributed by atoms with E-state index in [0.29, 0.717) is 0 Å². The van der Waals surface area contributed by atoms with Crippen molar-refractivity contribution in [2.45, 2.75) is 13.0 Å². The van der Waals surface area contributed by atoms with E-state index < -0.39 is 0 Å². The summed E-state index contributed by atoms with van der Waals surface area (Å²) in [5.41, 5.74) is 0. The topological polar surface area (TPSA) is 24.1 Å². The lowest BCUT2D eigenvalue weighted by Gasteiger charge is -2.08. The van der Waals surface area contributed by atoms with E-state index in [1.165, 1.54) is 24.4 Å². The van der Waals surface area contributed by atoms with Gasteiger partial charge in [0.05, 0.1) is 0 Å². The van der Waals surface area contributed by atoms with Crippen LogP contribution in [0.2, 0.25) is 0 Å². The third kappa shape index (κ3) is 2.79. The molecule has 2 rings (SSSR count). The average Bonchev–Trinajstić information content (AvgIpc) is 2.75. The number of thiophene rings is 1. The molecule has 1 fully saturated rings. The normalized spacial score (nSPS) is 22.3. The van der Waals surface area contributed by atoms with Gasteiger partial charge in [0.1, 0.15) is 0 Å². The predicted octanol–water partition coefficient (Wildman–Crippen LogP) is 1.45. The van der Waals surface area contributed by atoms with Crippen LogP contribution in [0.5, 0.6) is 0 Å². The minimum Gasteiger partial charge on any atom is -0.316 e. The largest absolute Gasteiger partial charge is 0.316 e. The molecule has 13 heavy (non-hydrogen) atoms. The van der Waals surface area contributed by atoms with E-state index in [4.69, 9.17) is 0 Å². The summed E-state index contributed by atoms with van der Waals surface area (Å²) in [5, 5.41) is 9.01. The lowest BCUT2D eigenvalue weighted by atomic mass is 10.1. The second kappa shape index (κ2) is 4.74. The third-order valence-corrected chi connectivity index (χ3v) is 3.35. The lowest BCUT2D eigenvalue weighted by Crippen LogP contribution is -2.23. The summed E-state index contributed by atoms with van der Waals surface area (Å²) in [6.07, 6.45) is 1.33. The van der Waals surface area contributed by atoms with E-state index in [-0.39, 0.29) is 0 Å². The van der Waals surface area contributed by atoms with Crippen molar-refractivity contribution >= 4 is 11.3 Å². The first kappa shape index (κ1) is 9.19. The van der Waals surface area contributed by atoms with E-state index in [0.717, 1.165) is 19.0 Å². The van der Waals surface area contributed by atoms with Gasteiger partial charge < -0.3 is 10.6 Å². The van der Waals surface area contributed by atoms with Crippen molar-refractivity contribution in [1.82, 2.24) is 10.6 Å². The summed E-state index contributed by atoms with van der Waals surface area (Å²) in [6.45, 7) is 4.59. The zero-order chi connectivity index (χ0) is 8.93. The molecule has 1 aliphatic rings. The highest BCUT2D eigenvalue weighted by molar-refractivity contribution is 7.09. The summed E-state index contributed by atoms with van der Waals surface area (Å²) >= 11 is 1.83. The molecule has 0 amide bonds. The fourth-order valence-corrected chi connectivity index (χ4v) is 2.38. The van der Waals surface area contributed by atoms with E-state index in [1.807, 2.05) is 11.3 Å². The smallest absolute Gasteiger partial charge is 0.0299 e. The van der Waals surface area contributed by atoms with Gasteiger partial charge in [0.15, 0.2) is 0 Å². The zero-order valence-corrected chi connectivity index (χ0v) is 8.57. The van der Waals surface area contributed by atoms with Crippen molar-refractivity contribution in [2.24, 2.45) is 5.92 Å². The van der Waals surface area contributed by atoms with Crippen molar-refractivity contribution in [3.05, 3.63) is 22.4 Å². The molecule has 3 heteroatoms. The molecule has 0 radical (unpaired) electrons. The quantitative estimate of drug-likeness (QED) is 0.761. The van der Waals surface area contributed by atoms with E-state index in [9.17, 15) is 0 Å². The lowest BCUT2D eigenvalue weighted by molar-refractivity contribution is 0.514. The molecule has 1 aliphatic heterocycles. The van der Waals surface area contributed by atoms with E-state index in [2.05, 4.69) is 28.1 Å². The highest BCUT2D eigenvalue weighted by Gasteiger charge is 2.13. The number of hydrogen-bond donors (Lipinski definition) is 2. The molecule has 0 spiro atoms. The fraction of sp³-hybridized carbons (Fsp3) is 0.600. The number of nitrogens with one attached hydrogen (secondary N) is 2. The SMILES string of the molecule is c1csc(CNCC2CCNC2)c1. The van der Waals surface area contributed by atoms with Gasteiger partial charge in [-0.05, 0) is 43.4 Å². The third-order valence-electron chi connectivity index (χ3n) is 2.47. The van der Waals surface area contributed by atoms with Crippen LogP contribution >= 0.6 is 11.3 Å². The first-order valence-electron chi connectivity index (χ1n) is 4.89. The van der Waals surface area contributed by atoms with Gasteiger partial charge in [0.2, 0.25) is 0 Å². The van der Waals surface area contributed by atoms with Crippen LogP contribution in [-0.2, 0) is 6.54 Å². The van der Waals surface area contributed by atoms with Gasteiger partial charge >= 0.3 is 0 Å². The van der Waals surface area contributed by atoms with Crippen molar-refractivity contribution in [1.29, 1.82) is 0 Å². The van der Waals surface area contributed by atoms with Gasteiger partial charge in [0, 0.05) is 11.4 Å². The summed E-state index contributed by atoms with van der Waals surface area (Å²) in [5.74, 6) is 0.847. The van der Waals surface area contributed by atoms with Gasteiger partial charge in [-0.25, -0.2) is 0 Å². The van der Waals surface area contributed by atoms with E-state index >= 15 is 0 Å². The number of hydrogen-bond acceptors (Lipinski definition) is 3. The van der Waals surface area contributed by atoms with Crippen molar-refractivity contribution < 1.29 is 0 Å². The maximum Gasteiger partial charge on any atom is 0.0299 e. The standard InChI is InChI=1S/C10H16N2S/c1-2-10(13-5-1)8-12-7-9-3-4-11-6-9/h1-2,5,9,11-12H,3-4,6-8H2. The molecule has 0 aromatic carbocycles. The second-order valence-corrected chi connectivity index (χ2v) is 4.60. The van der Waals surface area contributed by atoms with Crippen LogP contribution in [0.4, 0.5) is 0 Å². The molecule has 1 aromatic heterocycles. The van der Waals surface area contributed by atoms with Crippen LogP contribution < -0.4 is 10.6 Å². The Bertz CT molecular complexity index is 227. The Morgan fingerprint density at radius 3 is 3.31 bits per heavy atom. The Kier molecular flexibility index (Phi) is 3.35. The fourth-order valence-electron chi connectivity index (χ4n) is 1.70. The molecule has 0 saturated carbocycles. The monoisotopic (exact) mass is 196 g/mol. The van der Waals surface area contributed by atoms with Crippen molar-refractivity contribution in [2.75, 3.05) is 19.6 Å².